The molecule has 1 aliphatic heterocycles. The Morgan fingerprint density at radius 1 is 1.06 bits per heavy atom. The third kappa shape index (κ3) is 3.86. The molecule has 1 aromatic heterocycles. The van der Waals surface area contributed by atoms with Crippen LogP contribution in [0.25, 0.3) is 11.0 Å². The zero-order valence-corrected chi connectivity index (χ0v) is 20.7. The van der Waals surface area contributed by atoms with Gasteiger partial charge in [0.25, 0.3) is 0 Å². The lowest BCUT2D eigenvalue weighted by Crippen LogP contribution is -2.33. The van der Waals surface area contributed by atoms with Crippen molar-refractivity contribution < 1.29 is 9.15 Å². The van der Waals surface area contributed by atoms with Gasteiger partial charge in [0.2, 0.25) is 0 Å². The summed E-state index contributed by atoms with van der Waals surface area (Å²) in [6, 6.07) is 18.2. The van der Waals surface area contributed by atoms with E-state index in [9.17, 15) is 4.79 Å². The second-order valence-electron chi connectivity index (χ2n) is 9.34. The van der Waals surface area contributed by atoms with Gasteiger partial charge in [-0.25, -0.2) is 4.79 Å². The fourth-order valence-electron chi connectivity index (χ4n) is 4.94. The molecule has 34 heavy (non-hydrogen) atoms. The molecule has 0 aliphatic carbocycles. The number of anilines is 1. The molecular weight excluding hydrogens is 446 g/mol. The lowest BCUT2D eigenvalue weighted by molar-refractivity contribution is 0.288. The van der Waals surface area contributed by atoms with Gasteiger partial charge in [-0.2, -0.15) is 0 Å². The summed E-state index contributed by atoms with van der Waals surface area (Å²) in [4.78, 5) is 15.3. The summed E-state index contributed by atoms with van der Waals surface area (Å²) >= 11 is 6.69. The molecule has 0 saturated carbocycles. The van der Waals surface area contributed by atoms with E-state index in [1.54, 1.807) is 0 Å². The smallest absolute Gasteiger partial charge is 0.340 e. The van der Waals surface area contributed by atoms with Crippen LogP contribution < -0.4 is 15.3 Å². The fraction of sp³-hybridized carbons (Fsp3) is 0.276. The third-order valence-electron chi connectivity index (χ3n) is 6.72. The van der Waals surface area contributed by atoms with Gasteiger partial charge in [-0.1, -0.05) is 74.0 Å². The van der Waals surface area contributed by atoms with Crippen molar-refractivity contribution in [2.45, 2.75) is 46.6 Å². The van der Waals surface area contributed by atoms with E-state index in [2.05, 4.69) is 43.9 Å². The van der Waals surface area contributed by atoms with Crippen molar-refractivity contribution in [3.8, 4) is 5.75 Å². The van der Waals surface area contributed by atoms with Crippen molar-refractivity contribution in [3.63, 3.8) is 0 Å². The number of benzene rings is 3. The summed E-state index contributed by atoms with van der Waals surface area (Å²) in [6.45, 7) is 9.42. The molecule has 174 valence electrons. The first kappa shape index (κ1) is 22.5. The standard InChI is InChI=1S/C29H28ClNO3/c1-17(2)21-12-8-9-18(3)26(21)31-15-24-27-22(14-25(30)28(24)33-16-31)19(4)23(29(32)34-27)13-20-10-6-5-7-11-20/h5-12,14,17H,13,15-16H2,1-4H3. The zero-order valence-electron chi connectivity index (χ0n) is 19.9. The summed E-state index contributed by atoms with van der Waals surface area (Å²) in [5.41, 5.74) is 7.30. The summed E-state index contributed by atoms with van der Waals surface area (Å²) in [6.07, 6.45) is 0.517. The number of aryl methyl sites for hydroxylation is 2. The molecule has 0 radical (unpaired) electrons. The lowest BCUT2D eigenvalue weighted by Gasteiger charge is -2.34. The highest BCUT2D eigenvalue weighted by Crippen LogP contribution is 2.42. The molecule has 5 heteroatoms. The monoisotopic (exact) mass is 473 g/mol. The molecule has 0 unspecified atom stereocenters. The number of ether oxygens (including phenoxy) is 1. The minimum Gasteiger partial charge on any atom is -0.471 e. The van der Waals surface area contributed by atoms with E-state index in [0.717, 1.165) is 27.8 Å². The van der Waals surface area contributed by atoms with Gasteiger partial charge < -0.3 is 14.1 Å². The largest absolute Gasteiger partial charge is 0.471 e. The van der Waals surface area contributed by atoms with Gasteiger partial charge in [0, 0.05) is 23.1 Å². The van der Waals surface area contributed by atoms with Crippen LogP contribution in [-0.2, 0) is 13.0 Å². The van der Waals surface area contributed by atoms with Crippen molar-refractivity contribution in [2.75, 3.05) is 11.6 Å². The second kappa shape index (κ2) is 8.84. The van der Waals surface area contributed by atoms with Crippen LogP contribution >= 0.6 is 11.6 Å². The number of hydrogen-bond acceptors (Lipinski definition) is 4. The molecule has 0 bridgehead atoms. The molecule has 0 fully saturated rings. The number of hydrogen-bond donors (Lipinski definition) is 0. The van der Waals surface area contributed by atoms with Crippen LogP contribution in [0.15, 0.2) is 63.8 Å². The van der Waals surface area contributed by atoms with Crippen LogP contribution in [0.5, 0.6) is 5.75 Å². The van der Waals surface area contributed by atoms with E-state index in [1.165, 1.54) is 11.1 Å². The van der Waals surface area contributed by atoms with E-state index in [4.69, 9.17) is 20.8 Å². The Labute approximate surface area is 204 Å². The highest BCUT2D eigenvalue weighted by molar-refractivity contribution is 6.33. The van der Waals surface area contributed by atoms with E-state index in [-0.39, 0.29) is 5.63 Å². The van der Waals surface area contributed by atoms with Gasteiger partial charge in [0.1, 0.15) is 11.3 Å². The first-order chi connectivity index (χ1) is 16.3. The molecular formula is C29H28ClNO3. The first-order valence-corrected chi connectivity index (χ1v) is 12.0. The van der Waals surface area contributed by atoms with Gasteiger partial charge in [-0.05, 0) is 48.1 Å². The van der Waals surface area contributed by atoms with Gasteiger partial charge in [0.05, 0.1) is 17.1 Å². The summed E-state index contributed by atoms with van der Waals surface area (Å²) in [5.74, 6) is 0.969. The van der Waals surface area contributed by atoms with Crippen LogP contribution in [0.2, 0.25) is 5.02 Å². The Hall–Kier alpha value is -3.24. The van der Waals surface area contributed by atoms with Crippen LogP contribution in [0.1, 0.15) is 53.1 Å². The number of fused-ring (bicyclic) bond motifs is 3. The number of rotatable bonds is 4. The third-order valence-corrected chi connectivity index (χ3v) is 7.00. The Balaban J connectivity index is 1.64. The Kier molecular flexibility index (Phi) is 5.86. The Morgan fingerprint density at radius 2 is 1.82 bits per heavy atom. The van der Waals surface area contributed by atoms with Crippen molar-refractivity contribution in [3.05, 3.63) is 103 Å². The molecule has 0 amide bonds. The van der Waals surface area contributed by atoms with E-state index < -0.39 is 0 Å². The molecule has 0 spiro atoms. The molecule has 1 aliphatic rings. The summed E-state index contributed by atoms with van der Waals surface area (Å²) in [5, 5.41) is 1.40. The van der Waals surface area contributed by atoms with E-state index in [1.807, 2.05) is 43.3 Å². The average Bonchev–Trinajstić information content (AvgIpc) is 2.83. The molecule has 0 N–H and O–H groups in total. The number of para-hydroxylation sites is 1. The van der Waals surface area contributed by atoms with Crippen molar-refractivity contribution in [2.24, 2.45) is 0 Å². The number of halogens is 1. The molecule has 0 saturated heterocycles. The van der Waals surface area contributed by atoms with Crippen LogP contribution in [0.3, 0.4) is 0 Å². The molecule has 5 rings (SSSR count). The first-order valence-electron chi connectivity index (χ1n) is 11.6. The normalized spacial score (nSPS) is 13.3. The molecule has 4 aromatic rings. The van der Waals surface area contributed by atoms with Crippen LogP contribution in [0.4, 0.5) is 5.69 Å². The van der Waals surface area contributed by atoms with Gasteiger partial charge in [0.15, 0.2) is 6.73 Å². The maximum Gasteiger partial charge on any atom is 0.340 e. The van der Waals surface area contributed by atoms with Gasteiger partial charge in [-0.15, -0.1) is 0 Å². The minimum atomic E-state index is -0.311. The number of nitrogens with zero attached hydrogens (tertiary/aromatic N) is 1. The maximum atomic E-state index is 13.1. The summed E-state index contributed by atoms with van der Waals surface area (Å²) in [7, 11) is 0. The molecule has 4 nitrogen and oxygen atoms in total. The van der Waals surface area contributed by atoms with Crippen molar-refractivity contribution >= 4 is 28.3 Å². The highest BCUT2D eigenvalue weighted by atomic mass is 35.5. The molecule has 2 heterocycles. The van der Waals surface area contributed by atoms with Crippen molar-refractivity contribution in [1.82, 2.24) is 0 Å². The summed E-state index contributed by atoms with van der Waals surface area (Å²) < 4.78 is 12.1. The predicted molar refractivity (Wildman–Crippen MR) is 138 cm³/mol. The van der Waals surface area contributed by atoms with Crippen LogP contribution in [0, 0.1) is 13.8 Å². The van der Waals surface area contributed by atoms with Gasteiger partial charge in [-0.3, -0.25) is 0 Å². The predicted octanol–water partition coefficient (Wildman–Crippen LogP) is 7.13. The maximum absolute atomic E-state index is 13.1. The van der Waals surface area contributed by atoms with Crippen molar-refractivity contribution in [1.29, 1.82) is 0 Å². The molecule has 3 aromatic carbocycles. The van der Waals surface area contributed by atoms with E-state index >= 15 is 0 Å². The topological polar surface area (TPSA) is 42.7 Å². The average molecular weight is 474 g/mol. The Bertz CT molecular complexity index is 1440. The molecule has 0 atom stereocenters. The zero-order chi connectivity index (χ0) is 24.0. The van der Waals surface area contributed by atoms with E-state index in [0.29, 0.717) is 47.5 Å². The quantitative estimate of drug-likeness (QED) is 0.295. The van der Waals surface area contributed by atoms with Gasteiger partial charge >= 0.3 is 5.63 Å². The highest BCUT2D eigenvalue weighted by Gasteiger charge is 2.28. The van der Waals surface area contributed by atoms with Crippen LogP contribution in [-0.4, -0.2) is 6.73 Å². The second-order valence-corrected chi connectivity index (χ2v) is 9.74. The SMILES string of the molecule is Cc1cccc(C(C)C)c1N1COc2c(Cl)cc3c(C)c(Cc4ccccc4)c(=O)oc3c2C1. The minimum absolute atomic E-state index is 0.311. The fourth-order valence-corrected chi connectivity index (χ4v) is 5.22. The Morgan fingerprint density at radius 3 is 2.56 bits per heavy atom. The lowest BCUT2D eigenvalue weighted by atomic mass is 9.95.